The van der Waals surface area contributed by atoms with Crippen molar-refractivity contribution in [2.75, 3.05) is 6.61 Å². The molecular weight excluding hydrogens is 158 g/mol. The summed E-state index contributed by atoms with van der Waals surface area (Å²) in [4.78, 5) is 4.34. The highest BCUT2D eigenvalue weighted by molar-refractivity contribution is 7.13. The largest absolute Gasteiger partial charge is 0.495 e. The second-order valence-corrected chi connectivity index (χ2v) is 3.09. The molecule has 1 aliphatic rings. The van der Waals surface area contributed by atoms with E-state index in [2.05, 4.69) is 4.99 Å². The molecule has 56 valence electrons. The molecule has 2 heterocycles. The first kappa shape index (κ1) is 6.61. The summed E-state index contributed by atoms with van der Waals surface area (Å²) in [5.41, 5.74) is 0.993. The molecule has 0 aliphatic carbocycles. The maximum atomic E-state index is 5.00. The molecule has 0 saturated heterocycles. The van der Waals surface area contributed by atoms with E-state index in [1.807, 2.05) is 23.6 Å². The Kier molecular flexibility index (Phi) is 1.73. The molecular formula is C8H7NOS. The Hall–Kier alpha value is -1.09. The lowest BCUT2D eigenvalue weighted by atomic mass is 10.4. The minimum atomic E-state index is 0.609. The second-order valence-electron chi connectivity index (χ2n) is 2.17. The first-order chi connectivity index (χ1) is 5.45. The molecule has 2 rings (SSSR count). The van der Waals surface area contributed by atoms with Gasteiger partial charge in [0.1, 0.15) is 11.6 Å². The Balaban J connectivity index is 2.20. The average Bonchev–Trinajstić information content (AvgIpc) is 2.60. The van der Waals surface area contributed by atoms with Crippen LogP contribution < -0.4 is 0 Å². The molecule has 1 aromatic rings. The van der Waals surface area contributed by atoms with Gasteiger partial charge in [0.2, 0.25) is 0 Å². The molecule has 0 spiro atoms. The number of hydrogen-bond donors (Lipinski definition) is 0. The van der Waals surface area contributed by atoms with Gasteiger partial charge in [0.15, 0.2) is 0 Å². The molecule has 0 bridgehead atoms. The third-order valence-electron chi connectivity index (χ3n) is 1.35. The first-order valence-electron chi connectivity index (χ1n) is 3.34. The van der Waals surface area contributed by atoms with Gasteiger partial charge in [0.05, 0.1) is 12.0 Å². The van der Waals surface area contributed by atoms with Crippen molar-refractivity contribution in [3.05, 3.63) is 29.9 Å². The lowest BCUT2D eigenvalue weighted by molar-refractivity contribution is 0.315. The van der Waals surface area contributed by atoms with Crippen LogP contribution in [0, 0.1) is 0 Å². The van der Waals surface area contributed by atoms with Crippen molar-refractivity contribution in [3.8, 4) is 0 Å². The Bertz CT molecular complexity index is 287. The zero-order chi connectivity index (χ0) is 7.52. The fourth-order valence-corrected chi connectivity index (χ4v) is 1.48. The van der Waals surface area contributed by atoms with Crippen LogP contribution in [0.2, 0.25) is 0 Å². The Morgan fingerprint density at radius 1 is 1.55 bits per heavy atom. The SMILES string of the molecule is C1=CC(=Nc2cccs2)CO1. The van der Waals surface area contributed by atoms with E-state index < -0.39 is 0 Å². The number of rotatable bonds is 1. The van der Waals surface area contributed by atoms with E-state index in [0.717, 1.165) is 10.7 Å². The van der Waals surface area contributed by atoms with Crippen LogP contribution in [-0.4, -0.2) is 12.3 Å². The number of thiophene rings is 1. The van der Waals surface area contributed by atoms with Crippen molar-refractivity contribution in [1.82, 2.24) is 0 Å². The van der Waals surface area contributed by atoms with Gasteiger partial charge in [-0.1, -0.05) is 0 Å². The van der Waals surface area contributed by atoms with E-state index in [1.165, 1.54) is 0 Å². The normalized spacial score (nSPS) is 19.1. The highest BCUT2D eigenvalue weighted by Gasteiger charge is 2.01. The second kappa shape index (κ2) is 2.88. The molecule has 1 aromatic heterocycles. The average molecular weight is 165 g/mol. The molecule has 0 unspecified atom stereocenters. The summed E-state index contributed by atoms with van der Waals surface area (Å²) in [7, 11) is 0. The van der Waals surface area contributed by atoms with Crippen molar-refractivity contribution >= 4 is 22.0 Å². The summed E-state index contributed by atoms with van der Waals surface area (Å²) in [6.07, 6.45) is 3.56. The summed E-state index contributed by atoms with van der Waals surface area (Å²) in [5.74, 6) is 0. The molecule has 0 atom stereocenters. The van der Waals surface area contributed by atoms with E-state index in [9.17, 15) is 0 Å². The van der Waals surface area contributed by atoms with Gasteiger partial charge in [-0.25, -0.2) is 4.99 Å². The van der Waals surface area contributed by atoms with Gasteiger partial charge in [0.25, 0.3) is 0 Å². The summed E-state index contributed by atoms with van der Waals surface area (Å²) in [6.45, 7) is 0.609. The Morgan fingerprint density at radius 3 is 3.18 bits per heavy atom. The molecule has 0 N–H and O–H groups in total. The number of nitrogens with zero attached hydrogens (tertiary/aromatic N) is 1. The molecule has 0 aromatic carbocycles. The van der Waals surface area contributed by atoms with Crippen molar-refractivity contribution < 1.29 is 4.74 Å². The minimum Gasteiger partial charge on any atom is -0.495 e. The lowest BCUT2D eigenvalue weighted by Gasteiger charge is -1.89. The van der Waals surface area contributed by atoms with Crippen LogP contribution in [0.4, 0.5) is 5.00 Å². The van der Waals surface area contributed by atoms with Crippen LogP contribution in [0.25, 0.3) is 0 Å². The summed E-state index contributed by atoms with van der Waals surface area (Å²) < 4.78 is 5.00. The molecule has 1 aliphatic heterocycles. The van der Waals surface area contributed by atoms with Crippen molar-refractivity contribution in [3.63, 3.8) is 0 Å². The predicted octanol–water partition coefficient (Wildman–Crippen LogP) is 2.36. The summed E-state index contributed by atoms with van der Waals surface area (Å²) in [5, 5.41) is 3.05. The minimum absolute atomic E-state index is 0.609. The van der Waals surface area contributed by atoms with Gasteiger partial charge in [-0.05, 0) is 23.6 Å². The van der Waals surface area contributed by atoms with Crippen LogP contribution in [-0.2, 0) is 4.74 Å². The van der Waals surface area contributed by atoms with E-state index >= 15 is 0 Å². The van der Waals surface area contributed by atoms with E-state index in [1.54, 1.807) is 17.6 Å². The smallest absolute Gasteiger partial charge is 0.129 e. The summed E-state index contributed by atoms with van der Waals surface area (Å²) in [6, 6.07) is 3.98. The molecule has 0 fully saturated rings. The molecule has 11 heavy (non-hydrogen) atoms. The Labute approximate surface area is 68.8 Å². The van der Waals surface area contributed by atoms with E-state index in [4.69, 9.17) is 4.74 Å². The molecule has 0 radical (unpaired) electrons. The molecule has 3 heteroatoms. The monoisotopic (exact) mass is 165 g/mol. The van der Waals surface area contributed by atoms with Crippen molar-refractivity contribution in [2.45, 2.75) is 0 Å². The van der Waals surface area contributed by atoms with Gasteiger partial charge in [-0.15, -0.1) is 11.3 Å². The van der Waals surface area contributed by atoms with E-state index in [-0.39, 0.29) is 0 Å². The van der Waals surface area contributed by atoms with E-state index in [0.29, 0.717) is 6.61 Å². The lowest BCUT2D eigenvalue weighted by Crippen LogP contribution is -1.93. The third kappa shape index (κ3) is 1.49. The molecule has 0 amide bonds. The number of aliphatic imine (C=N–C) groups is 1. The predicted molar refractivity (Wildman–Crippen MR) is 46.5 cm³/mol. The van der Waals surface area contributed by atoms with Crippen LogP contribution in [0.1, 0.15) is 0 Å². The van der Waals surface area contributed by atoms with Gasteiger partial charge < -0.3 is 4.74 Å². The maximum absolute atomic E-state index is 5.00. The Morgan fingerprint density at radius 2 is 2.55 bits per heavy atom. The topological polar surface area (TPSA) is 21.6 Å². The third-order valence-corrected chi connectivity index (χ3v) is 2.11. The van der Waals surface area contributed by atoms with Crippen LogP contribution in [0.3, 0.4) is 0 Å². The van der Waals surface area contributed by atoms with Crippen LogP contribution in [0.15, 0.2) is 34.8 Å². The fourth-order valence-electron chi connectivity index (χ4n) is 0.853. The number of ether oxygens (including phenoxy) is 1. The van der Waals surface area contributed by atoms with Gasteiger partial charge in [-0.2, -0.15) is 0 Å². The standard InChI is InChI=1S/C8H7NOS/c1-2-8(11-5-1)9-7-3-4-10-6-7/h1-5H,6H2. The molecule has 0 saturated carbocycles. The van der Waals surface area contributed by atoms with Crippen molar-refractivity contribution in [2.24, 2.45) is 4.99 Å². The maximum Gasteiger partial charge on any atom is 0.129 e. The van der Waals surface area contributed by atoms with Gasteiger partial charge in [-0.3, -0.25) is 0 Å². The van der Waals surface area contributed by atoms with Gasteiger partial charge in [0, 0.05) is 0 Å². The first-order valence-corrected chi connectivity index (χ1v) is 4.22. The van der Waals surface area contributed by atoms with Crippen LogP contribution in [0.5, 0.6) is 0 Å². The summed E-state index contributed by atoms with van der Waals surface area (Å²) >= 11 is 1.63. The fraction of sp³-hybridized carbons (Fsp3) is 0.125. The quantitative estimate of drug-likeness (QED) is 0.626. The van der Waals surface area contributed by atoms with Crippen molar-refractivity contribution in [1.29, 1.82) is 0 Å². The van der Waals surface area contributed by atoms with Crippen LogP contribution >= 0.6 is 11.3 Å². The zero-order valence-corrected chi connectivity index (χ0v) is 6.67. The van der Waals surface area contributed by atoms with Gasteiger partial charge >= 0.3 is 0 Å². The number of hydrogen-bond acceptors (Lipinski definition) is 3. The zero-order valence-electron chi connectivity index (χ0n) is 5.86. The highest BCUT2D eigenvalue weighted by Crippen LogP contribution is 2.19. The highest BCUT2D eigenvalue weighted by atomic mass is 32.1. The molecule has 2 nitrogen and oxygen atoms in total.